The fraction of sp³-hybridized carbons (Fsp3) is 0.0909. The molecule has 140 valence electrons. The van der Waals surface area contributed by atoms with E-state index in [0.29, 0.717) is 22.8 Å². The van der Waals surface area contributed by atoms with E-state index in [9.17, 15) is 4.39 Å². The van der Waals surface area contributed by atoms with Gasteiger partial charge in [0.05, 0.1) is 5.69 Å². The van der Waals surface area contributed by atoms with Gasteiger partial charge in [0, 0.05) is 12.3 Å². The standard InChI is InChI=1S/C22H20FN5/c1-4-6-10-20(16(3)9-5-2)17-13-18(23)15-19(14-17)28-26-22(25-27-28)21-11-7-8-12-24-21/h4-15H,1H2,2-3H3/b9-5-,10-6+,20-16+. The number of hydrogen-bond donors (Lipinski definition) is 0. The van der Waals surface area contributed by atoms with E-state index in [2.05, 4.69) is 27.0 Å². The number of pyridine rings is 1. The summed E-state index contributed by atoms with van der Waals surface area (Å²) >= 11 is 0. The molecule has 0 saturated heterocycles. The van der Waals surface area contributed by atoms with Crippen LogP contribution in [0.1, 0.15) is 19.4 Å². The maximum atomic E-state index is 14.4. The van der Waals surface area contributed by atoms with Crippen molar-refractivity contribution in [3.63, 3.8) is 0 Å². The van der Waals surface area contributed by atoms with E-state index in [0.717, 1.165) is 11.1 Å². The van der Waals surface area contributed by atoms with Crippen LogP contribution >= 0.6 is 0 Å². The Bertz CT molecular complexity index is 1060. The zero-order valence-electron chi connectivity index (χ0n) is 15.7. The van der Waals surface area contributed by atoms with Crippen LogP contribution in [-0.4, -0.2) is 25.2 Å². The number of aromatic nitrogens is 5. The summed E-state index contributed by atoms with van der Waals surface area (Å²) < 4.78 is 14.4. The first-order valence-corrected chi connectivity index (χ1v) is 8.78. The normalized spacial score (nSPS) is 12.5. The van der Waals surface area contributed by atoms with Gasteiger partial charge in [-0.25, -0.2) is 4.39 Å². The summed E-state index contributed by atoms with van der Waals surface area (Å²) in [5.74, 6) is -0.0132. The minimum Gasteiger partial charge on any atom is -0.253 e. The largest absolute Gasteiger partial charge is 0.253 e. The molecular weight excluding hydrogens is 353 g/mol. The van der Waals surface area contributed by atoms with E-state index in [1.165, 1.54) is 16.9 Å². The van der Waals surface area contributed by atoms with Crippen LogP contribution in [0.4, 0.5) is 4.39 Å². The van der Waals surface area contributed by atoms with Crippen molar-refractivity contribution in [3.05, 3.63) is 96.5 Å². The van der Waals surface area contributed by atoms with Gasteiger partial charge in [-0.2, -0.15) is 0 Å². The second-order valence-electron chi connectivity index (χ2n) is 6.01. The summed E-state index contributed by atoms with van der Waals surface area (Å²) in [6.45, 7) is 7.62. The summed E-state index contributed by atoms with van der Waals surface area (Å²) in [5, 5.41) is 12.4. The Morgan fingerprint density at radius 1 is 1.18 bits per heavy atom. The molecule has 0 unspecified atom stereocenters. The molecule has 0 aliphatic carbocycles. The van der Waals surface area contributed by atoms with Crippen molar-refractivity contribution in [2.24, 2.45) is 0 Å². The molecule has 3 rings (SSSR count). The van der Waals surface area contributed by atoms with Crippen LogP contribution in [-0.2, 0) is 0 Å². The zero-order chi connectivity index (χ0) is 19.9. The minimum atomic E-state index is -0.387. The molecule has 0 bridgehead atoms. The van der Waals surface area contributed by atoms with Gasteiger partial charge in [0.2, 0.25) is 5.82 Å². The van der Waals surface area contributed by atoms with Crippen LogP contribution < -0.4 is 0 Å². The van der Waals surface area contributed by atoms with Crippen LogP contribution in [0.15, 0.2) is 85.1 Å². The highest BCUT2D eigenvalue weighted by molar-refractivity contribution is 5.79. The van der Waals surface area contributed by atoms with Crippen molar-refractivity contribution in [2.45, 2.75) is 13.8 Å². The summed E-state index contributed by atoms with van der Waals surface area (Å²) in [4.78, 5) is 5.51. The zero-order valence-corrected chi connectivity index (χ0v) is 15.7. The van der Waals surface area contributed by atoms with E-state index in [4.69, 9.17) is 0 Å². The van der Waals surface area contributed by atoms with E-state index < -0.39 is 0 Å². The molecule has 0 aliphatic rings. The Morgan fingerprint density at radius 2 is 2.04 bits per heavy atom. The van der Waals surface area contributed by atoms with E-state index in [1.807, 2.05) is 56.4 Å². The number of nitrogens with zero attached hydrogens (tertiary/aromatic N) is 5. The molecule has 6 heteroatoms. The monoisotopic (exact) mass is 373 g/mol. The van der Waals surface area contributed by atoms with Gasteiger partial charge in [0.1, 0.15) is 11.5 Å². The predicted molar refractivity (Wildman–Crippen MR) is 109 cm³/mol. The van der Waals surface area contributed by atoms with Crippen LogP contribution in [0.5, 0.6) is 0 Å². The van der Waals surface area contributed by atoms with Gasteiger partial charge in [0.25, 0.3) is 0 Å². The first-order chi connectivity index (χ1) is 13.6. The highest BCUT2D eigenvalue weighted by atomic mass is 19.1. The average molecular weight is 373 g/mol. The molecule has 0 aliphatic heterocycles. The van der Waals surface area contributed by atoms with Crippen molar-refractivity contribution in [1.29, 1.82) is 0 Å². The minimum absolute atomic E-state index is 0.374. The number of benzene rings is 1. The molecule has 0 N–H and O–H groups in total. The Morgan fingerprint density at radius 3 is 2.75 bits per heavy atom. The van der Waals surface area contributed by atoms with Gasteiger partial charge < -0.3 is 0 Å². The highest BCUT2D eigenvalue weighted by Gasteiger charge is 2.12. The van der Waals surface area contributed by atoms with Crippen molar-refractivity contribution >= 4 is 5.57 Å². The lowest BCUT2D eigenvalue weighted by molar-refractivity contribution is 0.620. The van der Waals surface area contributed by atoms with Gasteiger partial charge >= 0.3 is 0 Å². The molecule has 28 heavy (non-hydrogen) atoms. The third-order valence-electron chi connectivity index (χ3n) is 3.97. The molecule has 2 heterocycles. The lowest BCUT2D eigenvalue weighted by Crippen LogP contribution is -2.01. The molecule has 0 fully saturated rings. The SMILES string of the molecule is C=C/C=C/C(=C(C)\C=C/C)c1cc(F)cc(-n2nnc(-c3ccccn3)n2)c1. The number of tetrazole rings is 1. The Hall–Kier alpha value is -3.67. The third kappa shape index (κ3) is 4.35. The Labute approximate surface area is 163 Å². The number of hydrogen-bond acceptors (Lipinski definition) is 4. The fourth-order valence-electron chi connectivity index (χ4n) is 2.73. The first kappa shape index (κ1) is 19.1. The Kier molecular flexibility index (Phi) is 6.01. The lowest BCUT2D eigenvalue weighted by atomic mass is 9.99. The molecular formula is C22H20FN5. The van der Waals surface area contributed by atoms with Crippen LogP contribution in [0.25, 0.3) is 22.8 Å². The van der Waals surface area contributed by atoms with Crippen molar-refractivity contribution in [2.75, 3.05) is 0 Å². The van der Waals surface area contributed by atoms with Crippen molar-refractivity contribution in [3.8, 4) is 17.2 Å². The number of halogens is 1. The van der Waals surface area contributed by atoms with Crippen molar-refractivity contribution < 1.29 is 4.39 Å². The average Bonchev–Trinajstić information content (AvgIpc) is 3.19. The summed E-state index contributed by atoms with van der Waals surface area (Å²) in [6, 6.07) is 10.1. The molecule has 0 saturated carbocycles. The molecule has 1 aromatic carbocycles. The topological polar surface area (TPSA) is 56.5 Å². The molecule has 0 spiro atoms. The quantitative estimate of drug-likeness (QED) is 0.573. The van der Waals surface area contributed by atoms with Gasteiger partial charge in [-0.1, -0.05) is 43.0 Å². The smallest absolute Gasteiger partial charge is 0.223 e. The first-order valence-electron chi connectivity index (χ1n) is 8.78. The second kappa shape index (κ2) is 8.81. The van der Waals surface area contributed by atoms with Crippen molar-refractivity contribution in [1.82, 2.24) is 25.2 Å². The van der Waals surface area contributed by atoms with E-state index >= 15 is 0 Å². The Balaban J connectivity index is 2.07. The maximum Gasteiger partial charge on any atom is 0.223 e. The molecule has 5 nitrogen and oxygen atoms in total. The number of rotatable bonds is 6. The van der Waals surface area contributed by atoms with Gasteiger partial charge in [-0.15, -0.1) is 15.0 Å². The molecule has 0 atom stereocenters. The number of allylic oxidation sites excluding steroid dienone is 7. The summed E-state index contributed by atoms with van der Waals surface area (Å²) in [5.41, 5.74) is 3.66. The van der Waals surface area contributed by atoms with Crippen LogP contribution in [0, 0.1) is 5.82 Å². The van der Waals surface area contributed by atoms with Gasteiger partial charge in [-0.3, -0.25) is 4.98 Å². The fourth-order valence-corrected chi connectivity index (χ4v) is 2.73. The van der Waals surface area contributed by atoms with Gasteiger partial charge in [0.15, 0.2) is 0 Å². The lowest BCUT2D eigenvalue weighted by Gasteiger charge is -2.09. The molecule has 2 aromatic heterocycles. The van der Waals surface area contributed by atoms with Crippen LogP contribution in [0.3, 0.4) is 0 Å². The second-order valence-corrected chi connectivity index (χ2v) is 6.01. The van der Waals surface area contributed by atoms with Crippen LogP contribution in [0.2, 0.25) is 0 Å². The van der Waals surface area contributed by atoms with E-state index in [-0.39, 0.29) is 5.82 Å². The summed E-state index contributed by atoms with van der Waals surface area (Å²) in [7, 11) is 0. The molecule has 0 radical (unpaired) electrons. The molecule has 3 aromatic rings. The van der Waals surface area contributed by atoms with E-state index in [1.54, 1.807) is 18.3 Å². The third-order valence-corrected chi connectivity index (χ3v) is 3.97. The molecule has 0 amide bonds. The summed E-state index contributed by atoms with van der Waals surface area (Å²) in [6.07, 6.45) is 11.0. The van der Waals surface area contributed by atoms with Gasteiger partial charge in [-0.05, 0) is 60.0 Å². The highest BCUT2D eigenvalue weighted by Crippen LogP contribution is 2.25. The predicted octanol–water partition coefficient (Wildman–Crippen LogP) is 4.96. The maximum absolute atomic E-state index is 14.4.